The molecule has 5 nitrogen and oxygen atoms in total. The summed E-state index contributed by atoms with van der Waals surface area (Å²) in [4.78, 5) is 17.8. The normalized spacial score (nSPS) is 16.2. The molecule has 0 spiro atoms. The van der Waals surface area contributed by atoms with Crippen LogP contribution in [0.4, 0.5) is 4.79 Å². The van der Waals surface area contributed by atoms with E-state index in [4.69, 9.17) is 9.47 Å². The topological polar surface area (TPSA) is 51.7 Å². The maximum Gasteiger partial charge on any atom is 0.410 e. The molecule has 23 heavy (non-hydrogen) atoms. The van der Waals surface area contributed by atoms with Gasteiger partial charge in [0, 0.05) is 25.5 Å². The summed E-state index contributed by atoms with van der Waals surface area (Å²) in [6, 6.07) is 3.75. The molecule has 0 radical (unpaired) electrons. The lowest BCUT2D eigenvalue weighted by molar-refractivity contribution is 0.0179. The van der Waals surface area contributed by atoms with Gasteiger partial charge < -0.3 is 14.4 Å². The van der Waals surface area contributed by atoms with Crippen LogP contribution in [-0.4, -0.2) is 41.3 Å². The van der Waals surface area contributed by atoms with E-state index in [1.807, 2.05) is 37.8 Å². The van der Waals surface area contributed by atoms with Gasteiger partial charge in [0.05, 0.1) is 6.61 Å². The van der Waals surface area contributed by atoms with Gasteiger partial charge in [0.25, 0.3) is 0 Å². The number of aromatic nitrogens is 1. The van der Waals surface area contributed by atoms with Crippen molar-refractivity contribution < 1.29 is 14.3 Å². The minimum Gasteiger partial charge on any atom is -0.493 e. The number of carbonyl (C=O) groups is 1. The maximum atomic E-state index is 12.0. The van der Waals surface area contributed by atoms with Crippen molar-refractivity contribution in [3.63, 3.8) is 0 Å². The third kappa shape index (κ3) is 6.47. The van der Waals surface area contributed by atoms with Crippen LogP contribution in [-0.2, 0) is 4.74 Å². The first kappa shape index (κ1) is 17.6. The molecule has 128 valence electrons. The minimum absolute atomic E-state index is 0.183. The van der Waals surface area contributed by atoms with E-state index < -0.39 is 5.60 Å². The molecule has 0 unspecified atom stereocenters. The average Bonchev–Trinajstić information content (AvgIpc) is 2.51. The van der Waals surface area contributed by atoms with Crippen molar-refractivity contribution in [3.8, 4) is 5.75 Å². The number of rotatable bonds is 5. The fourth-order valence-corrected chi connectivity index (χ4v) is 2.73. The predicted octanol–water partition coefficient (Wildman–Crippen LogP) is 3.89. The molecule has 1 aliphatic rings. The van der Waals surface area contributed by atoms with Crippen LogP contribution in [0.15, 0.2) is 24.5 Å². The summed E-state index contributed by atoms with van der Waals surface area (Å²) in [6.07, 6.45) is 7.58. The first-order valence-electron chi connectivity index (χ1n) is 8.45. The molecule has 2 rings (SSSR count). The molecule has 1 amide bonds. The molecule has 0 bridgehead atoms. The Morgan fingerprint density at radius 1 is 1.26 bits per heavy atom. The molecule has 0 aliphatic carbocycles. The molecular weight excluding hydrogens is 292 g/mol. The zero-order valence-electron chi connectivity index (χ0n) is 14.5. The Morgan fingerprint density at radius 3 is 2.52 bits per heavy atom. The highest BCUT2D eigenvalue weighted by atomic mass is 16.6. The van der Waals surface area contributed by atoms with Crippen molar-refractivity contribution in [3.05, 3.63) is 24.5 Å². The number of nitrogens with zero attached hydrogens (tertiary/aromatic N) is 2. The third-order valence-electron chi connectivity index (χ3n) is 3.94. The Kier molecular flexibility index (Phi) is 6.25. The second-order valence-corrected chi connectivity index (χ2v) is 7.08. The summed E-state index contributed by atoms with van der Waals surface area (Å²) in [5.41, 5.74) is -0.418. The van der Waals surface area contributed by atoms with E-state index in [1.165, 1.54) is 0 Å². The van der Waals surface area contributed by atoms with Crippen LogP contribution < -0.4 is 4.74 Å². The standard InChI is InChI=1S/C18H28N2O3/c1-18(2,3)23-17(21)20-12-8-15(9-13-20)5-4-14-22-16-6-10-19-11-7-16/h6-7,10-11,15H,4-5,8-9,12-14H2,1-3H3. The molecule has 0 aromatic carbocycles. The van der Waals surface area contributed by atoms with Gasteiger partial charge in [-0.1, -0.05) is 0 Å². The van der Waals surface area contributed by atoms with Crippen molar-refractivity contribution in [2.75, 3.05) is 19.7 Å². The monoisotopic (exact) mass is 320 g/mol. The van der Waals surface area contributed by atoms with Crippen molar-refractivity contribution in [1.82, 2.24) is 9.88 Å². The molecule has 2 heterocycles. The van der Waals surface area contributed by atoms with Gasteiger partial charge in [-0.05, 0) is 64.5 Å². The van der Waals surface area contributed by atoms with Gasteiger partial charge in [0.15, 0.2) is 0 Å². The number of piperidine rings is 1. The first-order chi connectivity index (χ1) is 10.9. The van der Waals surface area contributed by atoms with E-state index >= 15 is 0 Å². The first-order valence-corrected chi connectivity index (χ1v) is 8.45. The Bertz CT molecular complexity index is 477. The summed E-state index contributed by atoms with van der Waals surface area (Å²) >= 11 is 0. The van der Waals surface area contributed by atoms with Crippen LogP contribution >= 0.6 is 0 Å². The summed E-state index contributed by atoms with van der Waals surface area (Å²) in [6.45, 7) is 8.03. The minimum atomic E-state index is -0.418. The number of carbonyl (C=O) groups excluding carboxylic acids is 1. The Hall–Kier alpha value is -1.78. The zero-order chi connectivity index (χ0) is 16.7. The van der Waals surface area contributed by atoms with E-state index in [1.54, 1.807) is 12.4 Å². The van der Waals surface area contributed by atoms with Crippen LogP contribution in [0.2, 0.25) is 0 Å². The van der Waals surface area contributed by atoms with Crippen molar-refractivity contribution >= 4 is 6.09 Å². The Balaban J connectivity index is 1.60. The number of amides is 1. The lowest BCUT2D eigenvalue weighted by Crippen LogP contribution is -2.41. The molecule has 0 atom stereocenters. The zero-order valence-corrected chi connectivity index (χ0v) is 14.5. The number of ether oxygens (including phenoxy) is 2. The molecule has 1 fully saturated rings. The summed E-state index contributed by atoms with van der Waals surface area (Å²) in [7, 11) is 0. The molecule has 0 N–H and O–H groups in total. The number of hydrogen-bond donors (Lipinski definition) is 0. The molecule has 5 heteroatoms. The summed E-state index contributed by atoms with van der Waals surface area (Å²) < 4.78 is 11.1. The van der Waals surface area contributed by atoms with Crippen LogP contribution in [0.25, 0.3) is 0 Å². The fourth-order valence-electron chi connectivity index (χ4n) is 2.73. The van der Waals surface area contributed by atoms with Crippen LogP contribution in [0, 0.1) is 5.92 Å². The van der Waals surface area contributed by atoms with Gasteiger partial charge in [-0.25, -0.2) is 4.79 Å². The maximum absolute atomic E-state index is 12.0. The van der Waals surface area contributed by atoms with Crippen LogP contribution in [0.3, 0.4) is 0 Å². The molecule has 1 aromatic heterocycles. The molecule has 1 aliphatic heterocycles. The molecule has 1 aromatic rings. The molecule has 1 saturated heterocycles. The summed E-state index contributed by atoms with van der Waals surface area (Å²) in [5, 5.41) is 0. The van der Waals surface area contributed by atoms with Gasteiger partial charge in [-0.15, -0.1) is 0 Å². The second-order valence-electron chi connectivity index (χ2n) is 7.08. The van der Waals surface area contributed by atoms with E-state index in [0.29, 0.717) is 5.92 Å². The SMILES string of the molecule is CC(C)(C)OC(=O)N1CCC(CCCOc2ccncc2)CC1. The average molecular weight is 320 g/mol. The highest BCUT2D eigenvalue weighted by Gasteiger charge is 2.26. The highest BCUT2D eigenvalue weighted by molar-refractivity contribution is 5.68. The molecular formula is C18H28N2O3. The summed E-state index contributed by atoms with van der Waals surface area (Å²) in [5.74, 6) is 1.55. The van der Waals surface area contributed by atoms with E-state index in [-0.39, 0.29) is 6.09 Å². The smallest absolute Gasteiger partial charge is 0.410 e. The van der Waals surface area contributed by atoms with Gasteiger partial charge in [0.1, 0.15) is 11.4 Å². The second kappa shape index (κ2) is 8.18. The quantitative estimate of drug-likeness (QED) is 0.772. The molecule has 0 saturated carbocycles. The largest absolute Gasteiger partial charge is 0.493 e. The van der Waals surface area contributed by atoms with Crippen molar-refractivity contribution in [2.45, 2.75) is 52.1 Å². The van der Waals surface area contributed by atoms with Gasteiger partial charge in [-0.2, -0.15) is 0 Å². The number of hydrogen-bond acceptors (Lipinski definition) is 4. The van der Waals surface area contributed by atoms with Crippen molar-refractivity contribution in [2.24, 2.45) is 5.92 Å². The van der Waals surface area contributed by atoms with Gasteiger partial charge >= 0.3 is 6.09 Å². The Labute approximate surface area is 139 Å². The predicted molar refractivity (Wildman–Crippen MR) is 89.5 cm³/mol. The lowest BCUT2D eigenvalue weighted by atomic mass is 9.92. The van der Waals surface area contributed by atoms with Crippen LogP contribution in [0.1, 0.15) is 46.5 Å². The third-order valence-corrected chi connectivity index (χ3v) is 3.94. The fraction of sp³-hybridized carbons (Fsp3) is 0.667. The van der Waals surface area contributed by atoms with E-state index in [2.05, 4.69) is 4.98 Å². The van der Waals surface area contributed by atoms with E-state index in [0.717, 1.165) is 51.1 Å². The van der Waals surface area contributed by atoms with Crippen molar-refractivity contribution in [1.29, 1.82) is 0 Å². The number of likely N-dealkylation sites (tertiary alicyclic amines) is 1. The highest BCUT2D eigenvalue weighted by Crippen LogP contribution is 2.23. The van der Waals surface area contributed by atoms with Crippen LogP contribution in [0.5, 0.6) is 5.75 Å². The van der Waals surface area contributed by atoms with Gasteiger partial charge in [-0.3, -0.25) is 4.98 Å². The van der Waals surface area contributed by atoms with E-state index in [9.17, 15) is 4.79 Å². The Morgan fingerprint density at radius 2 is 1.91 bits per heavy atom. The lowest BCUT2D eigenvalue weighted by Gasteiger charge is -2.33. The van der Waals surface area contributed by atoms with Gasteiger partial charge in [0.2, 0.25) is 0 Å². The number of pyridine rings is 1.